The van der Waals surface area contributed by atoms with Crippen molar-refractivity contribution in [3.05, 3.63) is 58.1 Å². The largest absolute Gasteiger partial charge is 0.450 e. The van der Waals surface area contributed by atoms with Gasteiger partial charge in [0.15, 0.2) is 0 Å². The molecule has 3 rings (SSSR count). The van der Waals surface area contributed by atoms with Gasteiger partial charge in [-0.2, -0.15) is 13.2 Å². The number of hydrogen-bond donors (Lipinski definition) is 0. The van der Waals surface area contributed by atoms with Crippen LogP contribution in [0, 0.1) is 10.1 Å². The third kappa shape index (κ3) is 4.05. The minimum atomic E-state index is -4.67. The quantitative estimate of drug-likeness (QED) is 0.597. The lowest BCUT2D eigenvalue weighted by Crippen LogP contribution is -2.36. The highest BCUT2D eigenvalue weighted by Crippen LogP contribution is 2.38. The number of rotatable bonds is 4. The summed E-state index contributed by atoms with van der Waals surface area (Å²) in [5, 5.41) is 11.1. The SMILES string of the molecule is O=[N+]([O-])c1cc(C(F)(F)F)ccc1Oc1cccc(N2CCOCC2)c1. The Kier molecular flexibility index (Phi) is 4.99. The molecule has 1 aliphatic rings. The first-order chi connectivity index (χ1) is 12.3. The van der Waals surface area contributed by atoms with E-state index >= 15 is 0 Å². The Hall–Kier alpha value is -2.81. The summed E-state index contributed by atoms with van der Waals surface area (Å²) in [6, 6.07) is 9.05. The van der Waals surface area contributed by atoms with Crippen molar-refractivity contribution in [1.82, 2.24) is 0 Å². The Morgan fingerprint density at radius 3 is 2.50 bits per heavy atom. The average Bonchev–Trinajstić information content (AvgIpc) is 2.62. The molecule has 0 saturated carbocycles. The Labute approximate surface area is 146 Å². The Bertz CT molecular complexity index is 805. The summed E-state index contributed by atoms with van der Waals surface area (Å²) >= 11 is 0. The zero-order chi connectivity index (χ0) is 18.7. The van der Waals surface area contributed by atoms with Gasteiger partial charge in [0.25, 0.3) is 0 Å². The van der Waals surface area contributed by atoms with Crippen LogP contribution in [0.5, 0.6) is 11.5 Å². The molecule has 2 aromatic rings. The summed E-state index contributed by atoms with van der Waals surface area (Å²) in [5.74, 6) is 0.0546. The fourth-order valence-electron chi connectivity index (χ4n) is 2.61. The zero-order valence-electron chi connectivity index (χ0n) is 13.5. The third-order valence-electron chi connectivity index (χ3n) is 3.90. The highest BCUT2D eigenvalue weighted by molar-refractivity contribution is 5.55. The van der Waals surface area contributed by atoms with E-state index in [0.29, 0.717) is 38.1 Å². The molecule has 0 aliphatic carbocycles. The Morgan fingerprint density at radius 2 is 1.85 bits per heavy atom. The summed E-state index contributed by atoms with van der Waals surface area (Å²) < 4.78 is 49.1. The second kappa shape index (κ2) is 7.20. The molecular formula is C17H15F3N2O4. The summed E-state index contributed by atoms with van der Waals surface area (Å²) in [6.45, 7) is 2.58. The maximum Gasteiger partial charge on any atom is 0.416 e. The van der Waals surface area contributed by atoms with E-state index < -0.39 is 22.4 Å². The normalized spacial score (nSPS) is 15.0. The van der Waals surface area contributed by atoms with Crippen molar-refractivity contribution in [3.63, 3.8) is 0 Å². The van der Waals surface area contributed by atoms with Gasteiger partial charge < -0.3 is 14.4 Å². The Morgan fingerprint density at radius 1 is 1.12 bits per heavy atom. The lowest BCUT2D eigenvalue weighted by atomic mass is 10.2. The standard InChI is InChI=1S/C17H15F3N2O4/c18-17(19,20)12-4-5-16(15(10-12)22(23)24)26-14-3-1-2-13(11-14)21-6-8-25-9-7-21/h1-5,10-11H,6-9H2. The molecule has 1 fully saturated rings. The lowest BCUT2D eigenvalue weighted by Gasteiger charge is -2.29. The van der Waals surface area contributed by atoms with E-state index in [1.165, 1.54) is 0 Å². The number of nitrogens with zero attached hydrogens (tertiary/aromatic N) is 2. The van der Waals surface area contributed by atoms with E-state index in [-0.39, 0.29) is 5.75 Å². The van der Waals surface area contributed by atoms with Gasteiger partial charge in [0.05, 0.1) is 23.7 Å². The van der Waals surface area contributed by atoms with Gasteiger partial charge in [0.2, 0.25) is 5.75 Å². The van der Waals surface area contributed by atoms with Crippen LogP contribution in [0.15, 0.2) is 42.5 Å². The first-order valence-corrected chi connectivity index (χ1v) is 7.81. The smallest absolute Gasteiger partial charge is 0.416 e. The van der Waals surface area contributed by atoms with Gasteiger partial charge in [-0.05, 0) is 24.3 Å². The number of morpholine rings is 1. The molecule has 6 nitrogen and oxygen atoms in total. The van der Waals surface area contributed by atoms with Crippen molar-refractivity contribution in [2.24, 2.45) is 0 Å². The summed E-state index contributed by atoms with van der Waals surface area (Å²) in [4.78, 5) is 12.3. The third-order valence-corrected chi connectivity index (χ3v) is 3.90. The topological polar surface area (TPSA) is 64.8 Å². The second-order valence-corrected chi connectivity index (χ2v) is 5.64. The van der Waals surface area contributed by atoms with Gasteiger partial charge in [0, 0.05) is 30.9 Å². The highest BCUT2D eigenvalue weighted by Gasteiger charge is 2.33. The summed E-state index contributed by atoms with van der Waals surface area (Å²) in [7, 11) is 0. The van der Waals surface area contributed by atoms with Gasteiger partial charge in [-0.3, -0.25) is 10.1 Å². The van der Waals surface area contributed by atoms with Crippen LogP contribution in [0.2, 0.25) is 0 Å². The molecule has 138 valence electrons. The van der Waals surface area contributed by atoms with Gasteiger partial charge >= 0.3 is 11.9 Å². The molecule has 0 bridgehead atoms. The van der Waals surface area contributed by atoms with Crippen LogP contribution < -0.4 is 9.64 Å². The molecule has 0 atom stereocenters. The van der Waals surface area contributed by atoms with Crippen molar-refractivity contribution in [3.8, 4) is 11.5 Å². The summed E-state index contributed by atoms with van der Waals surface area (Å²) in [6.07, 6.45) is -4.67. The number of hydrogen-bond acceptors (Lipinski definition) is 5. The maximum atomic E-state index is 12.8. The van der Waals surface area contributed by atoms with Gasteiger partial charge in [-0.15, -0.1) is 0 Å². The van der Waals surface area contributed by atoms with E-state index in [1.54, 1.807) is 18.2 Å². The van der Waals surface area contributed by atoms with E-state index in [9.17, 15) is 23.3 Å². The van der Waals surface area contributed by atoms with Crippen molar-refractivity contribution in [2.75, 3.05) is 31.2 Å². The molecule has 9 heteroatoms. The molecule has 1 heterocycles. The van der Waals surface area contributed by atoms with Crippen molar-refractivity contribution >= 4 is 11.4 Å². The number of anilines is 1. The first kappa shape index (κ1) is 18.0. The zero-order valence-corrected chi connectivity index (χ0v) is 13.5. The molecule has 0 N–H and O–H groups in total. The number of nitro benzene ring substituents is 1. The van der Waals surface area contributed by atoms with Crippen molar-refractivity contribution in [1.29, 1.82) is 0 Å². The van der Waals surface area contributed by atoms with Crippen LogP contribution in [0.3, 0.4) is 0 Å². The van der Waals surface area contributed by atoms with Crippen LogP contribution in [-0.2, 0) is 10.9 Å². The molecular weight excluding hydrogens is 353 g/mol. The van der Waals surface area contributed by atoms with E-state index in [4.69, 9.17) is 9.47 Å². The molecule has 0 unspecified atom stereocenters. The number of alkyl halides is 3. The highest BCUT2D eigenvalue weighted by atomic mass is 19.4. The van der Waals surface area contributed by atoms with Crippen LogP contribution in [0.25, 0.3) is 0 Å². The van der Waals surface area contributed by atoms with E-state index in [2.05, 4.69) is 4.90 Å². The van der Waals surface area contributed by atoms with Crippen LogP contribution in [0.1, 0.15) is 5.56 Å². The molecule has 0 radical (unpaired) electrons. The first-order valence-electron chi connectivity index (χ1n) is 7.81. The fraction of sp³-hybridized carbons (Fsp3) is 0.294. The summed E-state index contributed by atoms with van der Waals surface area (Å²) in [5.41, 5.74) is -0.990. The lowest BCUT2D eigenvalue weighted by molar-refractivity contribution is -0.385. The second-order valence-electron chi connectivity index (χ2n) is 5.64. The number of nitro groups is 1. The minimum absolute atomic E-state index is 0.248. The minimum Gasteiger partial charge on any atom is -0.450 e. The van der Waals surface area contributed by atoms with Gasteiger partial charge in [0.1, 0.15) is 5.75 Å². The van der Waals surface area contributed by atoms with Crippen LogP contribution in [-0.4, -0.2) is 31.2 Å². The van der Waals surface area contributed by atoms with Crippen LogP contribution >= 0.6 is 0 Å². The molecule has 0 aromatic heterocycles. The number of benzene rings is 2. The average molecular weight is 368 g/mol. The van der Waals surface area contributed by atoms with Gasteiger partial charge in [-0.1, -0.05) is 6.07 Å². The Balaban J connectivity index is 1.87. The van der Waals surface area contributed by atoms with E-state index in [1.807, 2.05) is 6.07 Å². The van der Waals surface area contributed by atoms with Crippen molar-refractivity contribution in [2.45, 2.75) is 6.18 Å². The number of halogens is 3. The molecule has 1 aliphatic heterocycles. The predicted octanol–water partition coefficient (Wildman–Crippen LogP) is 4.24. The maximum absolute atomic E-state index is 12.8. The monoisotopic (exact) mass is 368 g/mol. The molecule has 0 spiro atoms. The molecule has 1 saturated heterocycles. The number of ether oxygens (including phenoxy) is 2. The molecule has 26 heavy (non-hydrogen) atoms. The van der Waals surface area contributed by atoms with E-state index in [0.717, 1.165) is 17.8 Å². The van der Waals surface area contributed by atoms with Crippen LogP contribution in [0.4, 0.5) is 24.5 Å². The molecule has 2 aromatic carbocycles. The van der Waals surface area contributed by atoms with Crippen molar-refractivity contribution < 1.29 is 27.6 Å². The van der Waals surface area contributed by atoms with Gasteiger partial charge in [-0.25, -0.2) is 0 Å². The fourth-order valence-corrected chi connectivity index (χ4v) is 2.61. The predicted molar refractivity (Wildman–Crippen MR) is 87.6 cm³/mol. The molecule has 0 amide bonds.